The van der Waals surface area contributed by atoms with E-state index in [1.54, 1.807) is 18.5 Å². The van der Waals surface area contributed by atoms with Gasteiger partial charge in [-0.3, -0.25) is 9.97 Å². The maximum absolute atomic E-state index is 10.3. The van der Waals surface area contributed by atoms with E-state index in [1.807, 2.05) is 6.07 Å². The van der Waals surface area contributed by atoms with E-state index < -0.39 is 5.97 Å². The summed E-state index contributed by atoms with van der Waals surface area (Å²) in [5.41, 5.74) is 2.31. The molecule has 0 spiro atoms. The molecule has 5 nitrogen and oxygen atoms in total. The predicted octanol–water partition coefficient (Wildman–Crippen LogP) is 1.93. The predicted molar refractivity (Wildman–Crippen MR) is 66.7 cm³/mol. The number of hydrogen-bond acceptors (Lipinski definition) is 4. The van der Waals surface area contributed by atoms with Crippen LogP contribution in [0.3, 0.4) is 0 Å². The monoisotopic (exact) mass is 266 g/mol. The Hall–Kier alpha value is -1.72. The molecule has 0 amide bonds. The topological polar surface area (TPSA) is 72.3 Å². The van der Waals surface area contributed by atoms with Crippen molar-refractivity contribution >= 4 is 28.6 Å². The van der Waals surface area contributed by atoms with Crippen molar-refractivity contribution in [3.8, 4) is 0 Å². The van der Waals surface area contributed by atoms with Gasteiger partial charge in [0.05, 0.1) is 17.1 Å². The third-order valence-corrected chi connectivity index (χ3v) is 2.71. The van der Waals surface area contributed by atoms with E-state index in [9.17, 15) is 4.79 Å². The van der Waals surface area contributed by atoms with E-state index in [4.69, 9.17) is 21.4 Å². The molecule has 1 heterocycles. The van der Waals surface area contributed by atoms with Gasteiger partial charge >= 0.3 is 5.97 Å². The Kier molecular flexibility index (Phi) is 4.07. The Morgan fingerprint density at radius 1 is 1.28 bits per heavy atom. The summed E-state index contributed by atoms with van der Waals surface area (Å²) in [6.07, 6.45) is 3.75. The molecule has 0 atom stereocenters. The largest absolute Gasteiger partial charge is 0.480 e. The SMILES string of the molecule is O=C(O)COCCc1ccc(Cl)c2nccnc12. The van der Waals surface area contributed by atoms with Gasteiger partial charge in [-0.2, -0.15) is 0 Å². The van der Waals surface area contributed by atoms with Crippen LogP contribution in [0.1, 0.15) is 5.56 Å². The highest BCUT2D eigenvalue weighted by Gasteiger charge is 2.07. The molecule has 1 N–H and O–H groups in total. The van der Waals surface area contributed by atoms with Crippen molar-refractivity contribution in [1.82, 2.24) is 9.97 Å². The molecule has 0 aliphatic heterocycles. The van der Waals surface area contributed by atoms with Crippen LogP contribution in [0.25, 0.3) is 11.0 Å². The lowest BCUT2D eigenvalue weighted by atomic mass is 10.1. The first kappa shape index (κ1) is 12.7. The lowest BCUT2D eigenvalue weighted by Gasteiger charge is -2.06. The van der Waals surface area contributed by atoms with Crippen LogP contribution in [0, 0.1) is 0 Å². The van der Waals surface area contributed by atoms with Gasteiger partial charge in [-0.1, -0.05) is 17.7 Å². The molecule has 0 saturated carbocycles. The second kappa shape index (κ2) is 5.75. The van der Waals surface area contributed by atoms with E-state index in [0.29, 0.717) is 23.6 Å². The average molecular weight is 267 g/mol. The fraction of sp³-hybridized carbons (Fsp3) is 0.250. The van der Waals surface area contributed by atoms with Crippen LogP contribution in [0.4, 0.5) is 0 Å². The number of halogens is 1. The van der Waals surface area contributed by atoms with Crippen LogP contribution in [-0.2, 0) is 16.0 Å². The van der Waals surface area contributed by atoms with Crippen LogP contribution in [-0.4, -0.2) is 34.3 Å². The third-order valence-electron chi connectivity index (χ3n) is 2.40. The number of carboxylic acids is 1. The summed E-state index contributed by atoms with van der Waals surface area (Å²) in [4.78, 5) is 18.7. The number of nitrogens with zero attached hydrogens (tertiary/aromatic N) is 2. The van der Waals surface area contributed by atoms with Crippen molar-refractivity contribution in [2.75, 3.05) is 13.2 Å². The number of carboxylic acid groups (broad SMARTS) is 1. The van der Waals surface area contributed by atoms with Gasteiger partial charge < -0.3 is 9.84 Å². The molecule has 2 aromatic rings. The third kappa shape index (κ3) is 2.94. The smallest absolute Gasteiger partial charge is 0.329 e. The molecular weight excluding hydrogens is 256 g/mol. The lowest BCUT2D eigenvalue weighted by Crippen LogP contribution is -2.09. The van der Waals surface area contributed by atoms with E-state index in [-0.39, 0.29) is 6.61 Å². The Bertz CT molecular complexity index is 574. The minimum atomic E-state index is -0.976. The minimum Gasteiger partial charge on any atom is -0.480 e. The summed E-state index contributed by atoms with van der Waals surface area (Å²) in [6, 6.07) is 3.61. The zero-order chi connectivity index (χ0) is 13.0. The zero-order valence-electron chi connectivity index (χ0n) is 9.47. The van der Waals surface area contributed by atoms with E-state index in [0.717, 1.165) is 11.1 Å². The number of ether oxygens (including phenoxy) is 1. The maximum atomic E-state index is 10.3. The van der Waals surface area contributed by atoms with Crippen LogP contribution in [0.15, 0.2) is 24.5 Å². The molecular formula is C12H11ClN2O3. The number of rotatable bonds is 5. The van der Waals surface area contributed by atoms with Crippen molar-refractivity contribution in [2.45, 2.75) is 6.42 Å². The van der Waals surface area contributed by atoms with Crippen molar-refractivity contribution < 1.29 is 14.6 Å². The highest BCUT2D eigenvalue weighted by molar-refractivity contribution is 6.34. The van der Waals surface area contributed by atoms with Gasteiger partial charge in [0.2, 0.25) is 0 Å². The number of fused-ring (bicyclic) bond motifs is 1. The summed E-state index contributed by atoms with van der Waals surface area (Å²) in [5, 5.41) is 9.00. The Morgan fingerprint density at radius 2 is 2.00 bits per heavy atom. The second-order valence-electron chi connectivity index (χ2n) is 3.66. The van der Waals surface area contributed by atoms with Gasteiger partial charge in [0, 0.05) is 12.4 Å². The van der Waals surface area contributed by atoms with Gasteiger partial charge in [-0.25, -0.2) is 4.79 Å². The van der Waals surface area contributed by atoms with Crippen LogP contribution in [0.5, 0.6) is 0 Å². The average Bonchev–Trinajstić information content (AvgIpc) is 2.37. The lowest BCUT2D eigenvalue weighted by molar-refractivity contribution is -0.142. The molecule has 0 aliphatic carbocycles. The molecule has 2 rings (SSSR count). The highest BCUT2D eigenvalue weighted by atomic mass is 35.5. The van der Waals surface area contributed by atoms with Crippen molar-refractivity contribution in [2.24, 2.45) is 0 Å². The molecule has 0 unspecified atom stereocenters. The Labute approximate surface area is 108 Å². The van der Waals surface area contributed by atoms with Gasteiger partial charge in [-0.05, 0) is 18.1 Å². The van der Waals surface area contributed by atoms with Crippen molar-refractivity contribution in [3.05, 3.63) is 35.1 Å². The number of hydrogen-bond donors (Lipinski definition) is 1. The normalized spacial score (nSPS) is 10.7. The summed E-state index contributed by atoms with van der Waals surface area (Å²) in [6.45, 7) is 0.0246. The molecule has 0 radical (unpaired) electrons. The number of carbonyl (C=O) groups is 1. The molecule has 0 saturated heterocycles. The maximum Gasteiger partial charge on any atom is 0.329 e. The molecule has 0 bridgehead atoms. The first-order valence-corrected chi connectivity index (χ1v) is 5.74. The van der Waals surface area contributed by atoms with Crippen LogP contribution < -0.4 is 0 Å². The highest BCUT2D eigenvalue weighted by Crippen LogP contribution is 2.23. The standard InChI is InChI=1S/C12H11ClN2O3/c13-9-2-1-8(3-6-18-7-10(16)17)11-12(9)15-5-4-14-11/h1-2,4-5H,3,6-7H2,(H,16,17). The molecule has 0 fully saturated rings. The fourth-order valence-electron chi connectivity index (χ4n) is 1.62. The molecule has 18 heavy (non-hydrogen) atoms. The number of benzene rings is 1. The minimum absolute atomic E-state index is 0.294. The van der Waals surface area contributed by atoms with Crippen molar-refractivity contribution in [3.63, 3.8) is 0 Å². The fourth-order valence-corrected chi connectivity index (χ4v) is 1.82. The van der Waals surface area contributed by atoms with Crippen LogP contribution in [0.2, 0.25) is 5.02 Å². The Balaban J connectivity index is 2.14. The summed E-state index contributed by atoms with van der Waals surface area (Å²) >= 11 is 6.02. The molecule has 1 aromatic carbocycles. The number of aromatic nitrogens is 2. The molecule has 1 aromatic heterocycles. The van der Waals surface area contributed by atoms with E-state index >= 15 is 0 Å². The molecule has 6 heteroatoms. The first-order chi connectivity index (χ1) is 8.68. The van der Waals surface area contributed by atoms with Gasteiger partial charge in [0.15, 0.2) is 0 Å². The van der Waals surface area contributed by atoms with Crippen LogP contribution >= 0.6 is 11.6 Å². The first-order valence-electron chi connectivity index (χ1n) is 5.36. The quantitative estimate of drug-likeness (QED) is 0.837. The zero-order valence-corrected chi connectivity index (χ0v) is 10.2. The molecule has 94 valence electrons. The number of aliphatic carboxylic acids is 1. The van der Waals surface area contributed by atoms with E-state index in [2.05, 4.69) is 9.97 Å². The second-order valence-corrected chi connectivity index (χ2v) is 4.06. The van der Waals surface area contributed by atoms with Gasteiger partial charge in [-0.15, -0.1) is 0 Å². The van der Waals surface area contributed by atoms with Gasteiger partial charge in [0.1, 0.15) is 12.1 Å². The summed E-state index contributed by atoms with van der Waals surface area (Å²) in [7, 11) is 0. The van der Waals surface area contributed by atoms with E-state index in [1.165, 1.54) is 0 Å². The Morgan fingerprint density at radius 3 is 2.72 bits per heavy atom. The molecule has 0 aliphatic rings. The van der Waals surface area contributed by atoms with Crippen molar-refractivity contribution in [1.29, 1.82) is 0 Å². The van der Waals surface area contributed by atoms with Gasteiger partial charge in [0.25, 0.3) is 0 Å². The summed E-state index contributed by atoms with van der Waals surface area (Å²) in [5.74, 6) is -0.976. The summed E-state index contributed by atoms with van der Waals surface area (Å²) < 4.78 is 5.00.